The maximum absolute atomic E-state index is 13.6. The number of carbonyl (C=O) groups is 2. The second-order valence-electron chi connectivity index (χ2n) is 9.06. The highest BCUT2D eigenvalue weighted by atomic mass is 16.6. The van der Waals surface area contributed by atoms with E-state index in [1.165, 1.54) is 13.1 Å². The van der Waals surface area contributed by atoms with Crippen molar-refractivity contribution < 1.29 is 24.2 Å². The third-order valence-electron chi connectivity index (χ3n) is 6.42. The number of amides is 1. The minimum Gasteiger partial charge on any atom is -0.497 e. The molecule has 0 bridgehead atoms. The lowest BCUT2D eigenvalue weighted by Crippen LogP contribution is -2.49. The van der Waals surface area contributed by atoms with E-state index in [0.29, 0.717) is 22.4 Å². The number of hydrogen-bond acceptors (Lipinski definition) is 7. The van der Waals surface area contributed by atoms with Gasteiger partial charge in [-0.15, -0.1) is 0 Å². The number of nitrogens with zero attached hydrogens (tertiary/aromatic N) is 1. The number of aromatic nitrogens is 2. The number of rotatable bonds is 10. The summed E-state index contributed by atoms with van der Waals surface area (Å²) in [6.07, 6.45) is 1.24. The van der Waals surface area contributed by atoms with Gasteiger partial charge < -0.3 is 19.9 Å². The van der Waals surface area contributed by atoms with Crippen LogP contribution in [0, 0.1) is 6.92 Å². The highest BCUT2D eigenvalue weighted by Crippen LogP contribution is 2.41. The Balaban J connectivity index is 1.71. The average Bonchev–Trinajstić information content (AvgIpc) is 2.98. The predicted molar refractivity (Wildman–Crippen MR) is 147 cm³/mol. The van der Waals surface area contributed by atoms with Crippen LogP contribution in [0.3, 0.4) is 0 Å². The standard InChI is InChI=1S/C30H29N3O7/c1-20-17-33(29(38)32-27(20)36)18-26(35)31-25(19-34)28(37)40-30(21-9-5-3-6-10-21,22-11-7-4-8-12-22)23-13-15-24(39-2)16-14-23/h3-17,25,34H,18-19H2,1-2H3,(H,31,35)(H,32,36,38)/t25-/m0/s1. The number of aryl methyl sites for hydroxylation is 1. The molecule has 1 amide bonds. The molecule has 0 aliphatic carbocycles. The first-order chi connectivity index (χ1) is 19.3. The Morgan fingerprint density at radius 1 is 0.925 bits per heavy atom. The van der Waals surface area contributed by atoms with Crippen molar-refractivity contribution in [1.82, 2.24) is 14.9 Å². The number of nitrogens with one attached hydrogen (secondary N) is 2. The summed E-state index contributed by atoms with van der Waals surface area (Å²) in [7, 11) is 1.55. The molecule has 0 unspecified atom stereocenters. The van der Waals surface area contributed by atoms with E-state index in [9.17, 15) is 24.3 Å². The van der Waals surface area contributed by atoms with Crippen LogP contribution >= 0.6 is 0 Å². The summed E-state index contributed by atoms with van der Waals surface area (Å²) in [6, 6.07) is 23.9. The molecule has 4 aromatic rings. The number of aliphatic hydroxyl groups is 1. The first-order valence-electron chi connectivity index (χ1n) is 12.5. The van der Waals surface area contributed by atoms with Gasteiger partial charge in [0.05, 0.1) is 13.7 Å². The minimum absolute atomic E-state index is 0.237. The number of aliphatic hydroxyl groups excluding tert-OH is 1. The number of ether oxygens (including phenoxy) is 2. The van der Waals surface area contributed by atoms with Gasteiger partial charge in [-0.05, 0) is 19.1 Å². The molecule has 0 saturated carbocycles. The molecule has 0 saturated heterocycles. The highest BCUT2D eigenvalue weighted by molar-refractivity contribution is 5.85. The Bertz CT molecular complexity index is 1540. The monoisotopic (exact) mass is 543 g/mol. The normalized spacial score (nSPS) is 11.9. The quantitative estimate of drug-likeness (QED) is 0.205. The third kappa shape index (κ3) is 5.87. The molecule has 0 fully saturated rings. The fourth-order valence-corrected chi connectivity index (χ4v) is 4.38. The van der Waals surface area contributed by atoms with Crippen molar-refractivity contribution in [1.29, 1.82) is 0 Å². The Labute approximate surface area is 229 Å². The number of esters is 1. The van der Waals surface area contributed by atoms with Crippen molar-refractivity contribution >= 4 is 11.9 Å². The number of aromatic amines is 1. The van der Waals surface area contributed by atoms with Crippen LogP contribution in [-0.2, 0) is 26.5 Å². The van der Waals surface area contributed by atoms with Crippen molar-refractivity contribution in [3.63, 3.8) is 0 Å². The third-order valence-corrected chi connectivity index (χ3v) is 6.42. The highest BCUT2D eigenvalue weighted by Gasteiger charge is 2.42. The summed E-state index contributed by atoms with van der Waals surface area (Å²) in [5.41, 5.74) is -0.665. The Kier molecular flexibility index (Phi) is 8.60. The van der Waals surface area contributed by atoms with E-state index in [2.05, 4.69) is 10.3 Å². The van der Waals surface area contributed by atoms with E-state index < -0.39 is 47.9 Å². The molecule has 40 heavy (non-hydrogen) atoms. The van der Waals surface area contributed by atoms with Gasteiger partial charge in [0.1, 0.15) is 12.3 Å². The molecule has 1 heterocycles. The van der Waals surface area contributed by atoms with E-state index in [4.69, 9.17) is 9.47 Å². The fourth-order valence-electron chi connectivity index (χ4n) is 4.38. The number of methoxy groups -OCH3 is 1. The zero-order chi connectivity index (χ0) is 28.7. The lowest BCUT2D eigenvalue weighted by molar-refractivity contribution is -0.158. The van der Waals surface area contributed by atoms with Crippen LogP contribution in [0.5, 0.6) is 5.75 Å². The molecule has 10 heteroatoms. The summed E-state index contributed by atoms with van der Waals surface area (Å²) < 4.78 is 12.6. The lowest BCUT2D eigenvalue weighted by Gasteiger charge is -2.36. The van der Waals surface area contributed by atoms with E-state index in [-0.39, 0.29) is 5.56 Å². The van der Waals surface area contributed by atoms with E-state index >= 15 is 0 Å². The van der Waals surface area contributed by atoms with Crippen LogP contribution in [0.4, 0.5) is 0 Å². The van der Waals surface area contributed by atoms with E-state index in [1.807, 2.05) is 60.7 Å². The van der Waals surface area contributed by atoms with Crippen LogP contribution in [-0.4, -0.2) is 46.3 Å². The smallest absolute Gasteiger partial charge is 0.332 e. The summed E-state index contributed by atoms with van der Waals surface area (Å²) >= 11 is 0. The molecular weight excluding hydrogens is 514 g/mol. The first-order valence-corrected chi connectivity index (χ1v) is 12.5. The Morgan fingerprint density at radius 2 is 1.48 bits per heavy atom. The molecule has 206 valence electrons. The number of benzene rings is 3. The van der Waals surface area contributed by atoms with Gasteiger partial charge in [0.25, 0.3) is 5.56 Å². The van der Waals surface area contributed by atoms with Gasteiger partial charge >= 0.3 is 11.7 Å². The molecule has 0 spiro atoms. The van der Waals surface area contributed by atoms with Crippen LogP contribution in [0.1, 0.15) is 22.3 Å². The van der Waals surface area contributed by atoms with Gasteiger partial charge in [0, 0.05) is 28.5 Å². The van der Waals surface area contributed by atoms with Crippen LogP contribution in [0.15, 0.2) is 101 Å². The molecule has 10 nitrogen and oxygen atoms in total. The number of H-pyrrole nitrogens is 1. The largest absolute Gasteiger partial charge is 0.497 e. The van der Waals surface area contributed by atoms with Gasteiger partial charge in [-0.3, -0.25) is 19.1 Å². The Hall–Kier alpha value is -4.96. The molecule has 4 rings (SSSR count). The van der Waals surface area contributed by atoms with E-state index in [1.54, 1.807) is 31.4 Å². The zero-order valence-corrected chi connectivity index (χ0v) is 22.0. The van der Waals surface area contributed by atoms with Gasteiger partial charge in [-0.1, -0.05) is 72.8 Å². The summed E-state index contributed by atoms with van der Waals surface area (Å²) in [5, 5.41) is 12.5. The molecular formula is C30H29N3O7. The van der Waals surface area contributed by atoms with Crippen molar-refractivity contribution in [2.24, 2.45) is 0 Å². The predicted octanol–water partition coefficient (Wildman–Crippen LogP) is 1.87. The van der Waals surface area contributed by atoms with Gasteiger partial charge in [-0.2, -0.15) is 0 Å². The summed E-state index contributed by atoms with van der Waals surface area (Å²) in [6.45, 7) is 0.250. The van der Waals surface area contributed by atoms with Crippen molar-refractivity contribution in [3.05, 3.63) is 134 Å². The van der Waals surface area contributed by atoms with Crippen LogP contribution < -0.4 is 21.3 Å². The molecule has 1 atom stereocenters. The average molecular weight is 544 g/mol. The number of carbonyl (C=O) groups excluding carboxylic acids is 2. The minimum atomic E-state index is -1.45. The first kappa shape index (κ1) is 28.1. The molecule has 0 aliphatic heterocycles. The SMILES string of the molecule is COc1ccc(C(OC(=O)[C@H](CO)NC(=O)Cn2cc(C)c(=O)[nH]c2=O)(c2ccccc2)c2ccccc2)cc1. The topological polar surface area (TPSA) is 140 Å². The molecule has 0 aliphatic rings. The lowest BCUT2D eigenvalue weighted by atomic mass is 9.80. The van der Waals surface area contributed by atoms with Gasteiger partial charge in [0.2, 0.25) is 5.91 Å². The van der Waals surface area contributed by atoms with Crippen molar-refractivity contribution in [2.75, 3.05) is 13.7 Å². The molecule has 3 N–H and O–H groups in total. The molecule has 3 aromatic carbocycles. The second-order valence-corrected chi connectivity index (χ2v) is 9.06. The maximum atomic E-state index is 13.6. The molecule has 0 radical (unpaired) electrons. The maximum Gasteiger partial charge on any atom is 0.332 e. The molecule has 1 aromatic heterocycles. The number of hydrogen-bond donors (Lipinski definition) is 3. The van der Waals surface area contributed by atoms with Crippen LogP contribution in [0.25, 0.3) is 0 Å². The summed E-state index contributed by atoms with van der Waals surface area (Å²) in [5.74, 6) is -1.03. The summed E-state index contributed by atoms with van der Waals surface area (Å²) in [4.78, 5) is 52.3. The second kappa shape index (κ2) is 12.3. The Morgan fingerprint density at radius 3 is 2.00 bits per heavy atom. The van der Waals surface area contributed by atoms with E-state index in [0.717, 1.165) is 4.57 Å². The van der Waals surface area contributed by atoms with Crippen molar-refractivity contribution in [3.8, 4) is 5.75 Å². The zero-order valence-electron chi connectivity index (χ0n) is 22.0. The van der Waals surface area contributed by atoms with Crippen LogP contribution in [0.2, 0.25) is 0 Å². The van der Waals surface area contributed by atoms with Gasteiger partial charge in [-0.25, -0.2) is 9.59 Å². The van der Waals surface area contributed by atoms with Gasteiger partial charge in [0.15, 0.2) is 11.6 Å². The fraction of sp³-hybridized carbons (Fsp3) is 0.200. The van der Waals surface area contributed by atoms with Crippen molar-refractivity contribution in [2.45, 2.75) is 25.1 Å².